The predicted octanol–water partition coefficient (Wildman–Crippen LogP) is 4.02. The van der Waals surface area contributed by atoms with Crippen LogP contribution in [0.15, 0.2) is 36.4 Å². The Morgan fingerprint density at radius 2 is 2.12 bits per heavy atom. The van der Waals surface area contributed by atoms with Crippen LogP contribution in [-0.2, 0) is 12.8 Å². The molecule has 0 bridgehead atoms. The van der Waals surface area contributed by atoms with Gasteiger partial charge in [0.15, 0.2) is 0 Å². The monoisotopic (exact) mass is 229 g/mol. The summed E-state index contributed by atoms with van der Waals surface area (Å²) in [5, 5.41) is 3.60. The molecule has 2 heterocycles. The number of aryl methyl sites for hydroxylation is 1. The number of rotatable bonds is 2. The Bertz CT molecular complexity index is 476. The van der Waals surface area contributed by atoms with E-state index in [0.29, 0.717) is 6.04 Å². The minimum Gasteiger partial charge on any atom is -0.377 e. The minimum atomic E-state index is 0.489. The van der Waals surface area contributed by atoms with E-state index in [1.165, 1.54) is 21.0 Å². The summed E-state index contributed by atoms with van der Waals surface area (Å²) < 4.78 is 0. The molecule has 2 heteroatoms. The number of fused-ring (bicyclic) bond motifs is 1. The highest BCUT2D eigenvalue weighted by Crippen LogP contribution is 2.36. The van der Waals surface area contributed by atoms with E-state index < -0.39 is 0 Å². The lowest BCUT2D eigenvalue weighted by molar-refractivity contribution is 0.843. The third-order valence-electron chi connectivity index (χ3n) is 3.15. The van der Waals surface area contributed by atoms with Crippen molar-refractivity contribution in [3.8, 4) is 0 Å². The number of benzene rings is 1. The van der Waals surface area contributed by atoms with Crippen molar-refractivity contribution in [1.29, 1.82) is 0 Å². The second-order valence-electron chi connectivity index (χ2n) is 4.22. The molecule has 0 radical (unpaired) electrons. The number of hydrogen-bond acceptors (Lipinski definition) is 2. The average Bonchev–Trinajstić information content (AvgIpc) is 2.95. The first kappa shape index (κ1) is 9.91. The van der Waals surface area contributed by atoms with Crippen molar-refractivity contribution in [1.82, 2.24) is 0 Å². The highest BCUT2D eigenvalue weighted by atomic mass is 32.1. The van der Waals surface area contributed by atoms with E-state index in [-0.39, 0.29) is 0 Å². The van der Waals surface area contributed by atoms with Gasteiger partial charge in [-0.1, -0.05) is 25.1 Å². The Hall–Kier alpha value is -1.28. The average molecular weight is 229 g/mol. The van der Waals surface area contributed by atoms with Crippen molar-refractivity contribution in [3.63, 3.8) is 0 Å². The second-order valence-corrected chi connectivity index (χ2v) is 5.42. The summed E-state index contributed by atoms with van der Waals surface area (Å²) in [6.45, 7) is 2.21. The highest BCUT2D eigenvalue weighted by Gasteiger charge is 2.22. The summed E-state index contributed by atoms with van der Waals surface area (Å²) in [7, 11) is 0. The summed E-state index contributed by atoms with van der Waals surface area (Å²) in [6, 6.07) is 13.6. The van der Waals surface area contributed by atoms with Crippen LogP contribution in [0, 0.1) is 0 Å². The van der Waals surface area contributed by atoms with Crippen LogP contribution in [0.25, 0.3) is 0 Å². The molecule has 0 saturated heterocycles. The molecule has 0 fully saturated rings. The molecule has 1 N–H and O–H groups in total. The van der Waals surface area contributed by atoms with Crippen molar-refractivity contribution < 1.29 is 0 Å². The van der Waals surface area contributed by atoms with Crippen molar-refractivity contribution in [2.75, 3.05) is 5.32 Å². The van der Waals surface area contributed by atoms with E-state index in [2.05, 4.69) is 48.6 Å². The molecule has 1 aliphatic heterocycles. The van der Waals surface area contributed by atoms with Crippen LogP contribution in [-0.4, -0.2) is 0 Å². The van der Waals surface area contributed by atoms with E-state index >= 15 is 0 Å². The van der Waals surface area contributed by atoms with Gasteiger partial charge in [0.05, 0.1) is 6.04 Å². The van der Waals surface area contributed by atoms with Crippen LogP contribution in [0.4, 0.5) is 5.69 Å². The number of anilines is 1. The Morgan fingerprint density at radius 1 is 1.25 bits per heavy atom. The molecule has 16 heavy (non-hydrogen) atoms. The lowest BCUT2D eigenvalue weighted by Gasteiger charge is -2.08. The van der Waals surface area contributed by atoms with Crippen molar-refractivity contribution in [3.05, 3.63) is 51.7 Å². The predicted molar refractivity (Wildman–Crippen MR) is 70.2 cm³/mol. The zero-order chi connectivity index (χ0) is 11.0. The van der Waals surface area contributed by atoms with E-state index in [0.717, 1.165) is 12.8 Å². The molecule has 82 valence electrons. The Labute approximate surface area is 100 Å². The van der Waals surface area contributed by atoms with Gasteiger partial charge in [-0.05, 0) is 36.6 Å². The standard InChI is InChI=1S/C14H15NS/c1-2-11-7-8-14(16-11)13-9-10-5-3-4-6-12(10)15-13/h3-8,13,15H,2,9H2,1H3. The first-order valence-corrected chi connectivity index (χ1v) is 6.61. The first-order chi connectivity index (χ1) is 7.86. The fourth-order valence-corrected chi connectivity index (χ4v) is 3.25. The molecule has 1 atom stereocenters. The van der Waals surface area contributed by atoms with E-state index in [4.69, 9.17) is 0 Å². The normalized spacial score (nSPS) is 18.2. The molecular weight excluding hydrogens is 214 g/mol. The van der Waals surface area contributed by atoms with Gasteiger partial charge in [-0.3, -0.25) is 0 Å². The molecule has 1 nitrogen and oxygen atoms in total. The van der Waals surface area contributed by atoms with Crippen LogP contribution in [0.1, 0.15) is 28.3 Å². The summed E-state index contributed by atoms with van der Waals surface area (Å²) in [6.07, 6.45) is 2.27. The van der Waals surface area contributed by atoms with Crippen LogP contribution >= 0.6 is 11.3 Å². The molecule has 1 aromatic heterocycles. The van der Waals surface area contributed by atoms with Gasteiger partial charge in [0.25, 0.3) is 0 Å². The SMILES string of the molecule is CCc1ccc(C2Cc3ccccc3N2)s1. The Kier molecular flexibility index (Phi) is 2.44. The lowest BCUT2D eigenvalue weighted by Crippen LogP contribution is -2.02. The molecule has 0 aliphatic carbocycles. The number of thiophene rings is 1. The highest BCUT2D eigenvalue weighted by molar-refractivity contribution is 7.12. The quantitative estimate of drug-likeness (QED) is 0.820. The molecule has 3 rings (SSSR count). The van der Waals surface area contributed by atoms with E-state index in [9.17, 15) is 0 Å². The fraction of sp³-hybridized carbons (Fsp3) is 0.286. The molecule has 2 aromatic rings. The smallest absolute Gasteiger partial charge is 0.0647 e. The van der Waals surface area contributed by atoms with Crippen LogP contribution in [0.5, 0.6) is 0 Å². The maximum atomic E-state index is 3.60. The van der Waals surface area contributed by atoms with E-state index in [1.54, 1.807) is 0 Å². The van der Waals surface area contributed by atoms with Crippen molar-refractivity contribution in [2.45, 2.75) is 25.8 Å². The van der Waals surface area contributed by atoms with Crippen molar-refractivity contribution in [2.24, 2.45) is 0 Å². The van der Waals surface area contributed by atoms with Crippen LogP contribution in [0.2, 0.25) is 0 Å². The Balaban J connectivity index is 1.85. The summed E-state index contributed by atoms with van der Waals surface area (Å²) in [5.41, 5.74) is 2.75. The molecule has 0 amide bonds. The molecule has 1 unspecified atom stereocenters. The van der Waals surface area contributed by atoms with Gasteiger partial charge in [0.1, 0.15) is 0 Å². The van der Waals surface area contributed by atoms with Gasteiger partial charge in [0.2, 0.25) is 0 Å². The lowest BCUT2D eigenvalue weighted by atomic mass is 10.1. The van der Waals surface area contributed by atoms with Crippen LogP contribution < -0.4 is 5.32 Å². The molecular formula is C14H15NS. The Morgan fingerprint density at radius 3 is 2.88 bits per heavy atom. The first-order valence-electron chi connectivity index (χ1n) is 5.80. The molecule has 0 saturated carbocycles. The van der Waals surface area contributed by atoms with Gasteiger partial charge in [-0.15, -0.1) is 11.3 Å². The van der Waals surface area contributed by atoms with Crippen molar-refractivity contribution >= 4 is 17.0 Å². The minimum absolute atomic E-state index is 0.489. The summed E-state index contributed by atoms with van der Waals surface area (Å²) in [5.74, 6) is 0. The van der Waals surface area contributed by atoms with Gasteiger partial charge < -0.3 is 5.32 Å². The largest absolute Gasteiger partial charge is 0.377 e. The third-order valence-corrected chi connectivity index (χ3v) is 4.49. The summed E-state index contributed by atoms with van der Waals surface area (Å²) >= 11 is 1.94. The van der Waals surface area contributed by atoms with E-state index in [1.807, 2.05) is 11.3 Å². The zero-order valence-corrected chi connectivity index (χ0v) is 10.2. The van der Waals surface area contributed by atoms with Gasteiger partial charge >= 0.3 is 0 Å². The molecule has 1 aromatic carbocycles. The number of hydrogen-bond donors (Lipinski definition) is 1. The van der Waals surface area contributed by atoms with Gasteiger partial charge in [-0.2, -0.15) is 0 Å². The fourth-order valence-electron chi connectivity index (χ4n) is 2.24. The van der Waals surface area contributed by atoms with Gasteiger partial charge in [-0.25, -0.2) is 0 Å². The number of para-hydroxylation sites is 1. The van der Waals surface area contributed by atoms with Gasteiger partial charge in [0, 0.05) is 15.4 Å². The maximum Gasteiger partial charge on any atom is 0.0647 e. The van der Waals surface area contributed by atoms with Crippen LogP contribution in [0.3, 0.4) is 0 Å². The molecule has 0 spiro atoms. The molecule has 1 aliphatic rings. The topological polar surface area (TPSA) is 12.0 Å². The maximum absolute atomic E-state index is 3.60. The second kappa shape index (κ2) is 3.95. The summed E-state index contributed by atoms with van der Waals surface area (Å²) in [4.78, 5) is 2.95. The third kappa shape index (κ3) is 1.63. The number of nitrogens with one attached hydrogen (secondary N) is 1. The zero-order valence-electron chi connectivity index (χ0n) is 9.36.